The van der Waals surface area contributed by atoms with Crippen molar-refractivity contribution in [2.75, 3.05) is 27.4 Å². The molecular formula is C21H26N2O5. The number of nitrogens with one attached hydrogen (secondary N) is 2. The zero-order valence-corrected chi connectivity index (χ0v) is 16.4. The molecule has 0 heterocycles. The molecule has 7 heteroatoms. The molecule has 2 rings (SSSR count). The highest BCUT2D eigenvalue weighted by atomic mass is 16.5. The van der Waals surface area contributed by atoms with Crippen molar-refractivity contribution in [3.63, 3.8) is 0 Å². The van der Waals surface area contributed by atoms with Gasteiger partial charge in [-0.25, -0.2) is 9.59 Å². The van der Waals surface area contributed by atoms with Gasteiger partial charge in [-0.1, -0.05) is 18.2 Å². The summed E-state index contributed by atoms with van der Waals surface area (Å²) in [6, 6.07) is 12.4. The van der Waals surface area contributed by atoms with Crippen molar-refractivity contribution in [1.82, 2.24) is 10.6 Å². The third kappa shape index (κ3) is 6.19. The van der Waals surface area contributed by atoms with Crippen molar-refractivity contribution in [3.8, 4) is 11.5 Å². The maximum atomic E-state index is 11.9. The number of ether oxygens (including phenoxy) is 3. The number of esters is 1. The third-order valence-electron chi connectivity index (χ3n) is 4.06. The second-order valence-corrected chi connectivity index (χ2v) is 5.97. The molecule has 0 saturated heterocycles. The summed E-state index contributed by atoms with van der Waals surface area (Å²) in [5.41, 5.74) is 2.40. The van der Waals surface area contributed by atoms with Crippen LogP contribution in [0.2, 0.25) is 0 Å². The molecule has 0 atom stereocenters. The van der Waals surface area contributed by atoms with Gasteiger partial charge in [0.2, 0.25) is 0 Å². The summed E-state index contributed by atoms with van der Waals surface area (Å²) in [5, 5.41) is 5.61. The van der Waals surface area contributed by atoms with E-state index in [1.807, 2.05) is 25.1 Å². The van der Waals surface area contributed by atoms with E-state index in [2.05, 4.69) is 15.4 Å². The normalized spacial score (nSPS) is 10.1. The second-order valence-electron chi connectivity index (χ2n) is 5.97. The number of urea groups is 1. The quantitative estimate of drug-likeness (QED) is 0.647. The number of rotatable bonds is 9. The first-order valence-electron chi connectivity index (χ1n) is 9.06. The summed E-state index contributed by atoms with van der Waals surface area (Å²) in [5.74, 6) is 1.00. The number of methoxy groups -OCH3 is 2. The first-order valence-corrected chi connectivity index (χ1v) is 9.06. The van der Waals surface area contributed by atoms with E-state index in [0.29, 0.717) is 43.2 Å². The van der Waals surface area contributed by atoms with Crippen LogP contribution in [0.3, 0.4) is 0 Å². The Morgan fingerprint density at radius 2 is 1.64 bits per heavy atom. The summed E-state index contributed by atoms with van der Waals surface area (Å²) in [4.78, 5) is 23.4. The summed E-state index contributed by atoms with van der Waals surface area (Å²) in [6.07, 6.45) is 0.671. The minimum absolute atomic E-state index is 0.255. The topological polar surface area (TPSA) is 85.9 Å². The maximum Gasteiger partial charge on any atom is 0.337 e. The Bertz CT molecular complexity index is 790. The van der Waals surface area contributed by atoms with Crippen molar-refractivity contribution < 1.29 is 23.8 Å². The Morgan fingerprint density at radius 1 is 0.929 bits per heavy atom. The van der Waals surface area contributed by atoms with Crippen molar-refractivity contribution in [1.29, 1.82) is 0 Å². The van der Waals surface area contributed by atoms with Crippen LogP contribution in [0.25, 0.3) is 0 Å². The van der Waals surface area contributed by atoms with E-state index in [0.717, 1.165) is 11.1 Å². The zero-order valence-electron chi connectivity index (χ0n) is 16.4. The molecule has 0 bridgehead atoms. The smallest absolute Gasteiger partial charge is 0.337 e. The number of hydrogen-bond acceptors (Lipinski definition) is 5. The van der Waals surface area contributed by atoms with Crippen LogP contribution in [0.1, 0.15) is 28.4 Å². The van der Waals surface area contributed by atoms with E-state index < -0.39 is 0 Å². The average Bonchev–Trinajstić information content (AvgIpc) is 2.73. The first-order chi connectivity index (χ1) is 13.6. The Kier molecular flexibility index (Phi) is 8.14. The van der Waals surface area contributed by atoms with Crippen molar-refractivity contribution >= 4 is 12.0 Å². The molecule has 0 aromatic heterocycles. The standard InChI is InChI=1S/C21H26N2O5/c1-4-28-18-10-7-15(13-19(18)26-2)11-12-22-21(25)23-14-16-5-8-17(9-6-16)20(24)27-3/h5-10,13H,4,11-12,14H2,1-3H3,(H2,22,23,25). The molecule has 7 nitrogen and oxygen atoms in total. The third-order valence-corrected chi connectivity index (χ3v) is 4.06. The lowest BCUT2D eigenvalue weighted by Gasteiger charge is -2.12. The van der Waals surface area contributed by atoms with Crippen molar-refractivity contribution in [2.45, 2.75) is 19.9 Å². The molecule has 0 unspecified atom stereocenters. The lowest BCUT2D eigenvalue weighted by Crippen LogP contribution is -2.36. The molecule has 0 spiro atoms. The van der Waals surface area contributed by atoms with Gasteiger partial charge in [0, 0.05) is 13.1 Å². The predicted molar refractivity (Wildman–Crippen MR) is 106 cm³/mol. The molecular weight excluding hydrogens is 360 g/mol. The van der Waals surface area contributed by atoms with Crippen LogP contribution < -0.4 is 20.1 Å². The van der Waals surface area contributed by atoms with E-state index in [9.17, 15) is 9.59 Å². The van der Waals surface area contributed by atoms with E-state index >= 15 is 0 Å². The van der Waals surface area contributed by atoms with Gasteiger partial charge in [-0.15, -0.1) is 0 Å². The van der Waals surface area contributed by atoms with Gasteiger partial charge in [0.1, 0.15) is 0 Å². The zero-order chi connectivity index (χ0) is 20.4. The summed E-state index contributed by atoms with van der Waals surface area (Å²) in [7, 11) is 2.94. The SMILES string of the molecule is CCOc1ccc(CCNC(=O)NCc2ccc(C(=O)OC)cc2)cc1OC. The molecule has 0 aliphatic heterocycles. The van der Waals surface area contributed by atoms with Crippen molar-refractivity contribution in [2.24, 2.45) is 0 Å². The number of amides is 2. The molecule has 0 radical (unpaired) electrons. The van der Waals surface area contributed by atoms with Crippen LogP contribution >= 0.6 is 0 Å². The minimum atomic E-state index is -0.386. The van der Waals surface area contributed by atoms with Gasteiger partial charge in [-0.05, 0) is 48.7 Å². The molecule has 0 saturated carbocycles. The molecule has 150 valence electrons. The minimum Gasteiger partial charge on any atom is -0.493 e. The lowest BCUT2D eigenvalue weighted by molar-refractivity contribution is 0.0600. The summed E-state index contributed by atoms with van der Waals surface area (Å²) >= 11 is 0. The first kappa shape index (κ1) is 21.1. The van der Waals surface area contributed by atoms with Crippen LogP contribution in [-0.4, -0.2) is 39.4 Å². The lowest BCUT2D eigenvalue weighted by atomic mass is 10.1. The highest BCUT2D eigenvalue weighted by Crippen LogP contribution is 2.28. The number of carbonyl (C=O) groups excluding carboxylic acids is 2. The molecule has 2 aromatic rings. The van der Waals surface area contributed by atoms with E-state index in [4.69, 9.17) is 9.47 Å². The van der Waals surface area contributed by atoms with Gasteiger partial charge in [0.05, 0.1) is 26.4 Å². The van der Waals surface area contributed by atoms with Crippen LogP contribution in [0.4, 0.5) is 4.79 Å². The molecule has 0 fully saturated rings. The van der Waals surface area contributed by atoms with E-state index in [1.165, 1.54) is 7.11 Å². The monoisotopic (exact) mass is 386 g/mol. The van der Waals surface area contributed by atoms with E-state index in [-0.39, 0.29) is 12.0 Å². The van der Waals surface area contributed by atoms with Gasteiger partial charge in [-0.2, -0.15) is 0 Å². The highest BCUT2D eigenvalue weighted by molar-refractivity contribution is 5.89. The Balaban J connectivity index is 1.76. The molecule has 0 aliphatic rings. The molecule has 2 N–H and O–H groups in total. The van der Waals surface area contributed by atoms with Gasteiger partial charge >= 0.3 is 12.0 Å². The van der Waals surface area contributed by atoms with Gasteiger partial charge in [-0.3, -0.25) is 0 Å². The molecule has 2 amide bonds. The maximum absolute atomic E-state index is 11.9. The summed E-state index contributed by atoms with van der Waals surface area (Å²) < 4.78 is 15.5. The summed E-state index contributed by atoms with van der Waals surface area (Å²) in [6.45, 7) is 3.35. The largest absolute Gasteiger partial charge is 0.493 e. The van der Waals surface area contributed by atoms with Crippen LogP contribution in [0.15, 0.2) is 42.5 Å². The highest BCUT2D eigenvalue weighted by Gasteiger charge is 2.07. The Hall–Kier alpha value is -3.22. The molecule has 28 heavy (non-hydrogen) atoms. The Labute approximate surface area is 165 Å². The van der Waals surface area contributed by atoms with Crippen molar-refractivity contribution in [3.05, 3.63) is 59.2 Å². The molecule has 2 aromatic carbocycles. The number of carbonyl (C=O) groups is 2. The van der Waals surface area contributed by atoms with Gasteiger partial charge < -0.3 is 24.8 Å². The van der Waals surface area contributed by atoms with Crippen LogP contribution in [0, 0.1) is 0 Å². The van der Waals surface area contributed by atoms with Gasteiger partial charge in [0.25, 0.3) is 0 Å². The van der Waals surface area contributed by atoms with Crippen LogP contribution in [-0.2, 0) is 17.7 Å². The van der Waals surface area contributed by atoms with E-state index in [1.54, 1.807) is 31.4 Å². The van der Waals surface area contributed by atoms with Crippen LogP contribution in [0.5, 0.6) is 11.5 Å². The second kappa shape index (κ2) is 10.8. The average molecular weight is 386 g/mol. The predicted octanol–water partition coefficient (Wildman–Crippen LogP) is 2.92. The fourth-order valence-corrected chi connectivity index (χ4v) is 2.58. The number of benzene rings is 2. The van der Waals surface area contributed by atoms with Gasteiger partial charge in [0.15, 0.2) is 11.5 Å². The fraction of sp³-hybridized carbons (Fsp3) is 0.333. The number of hydrogen-bond donors (Lipinski definition) is 2. The Morgan fingerprint density at radius 3 is 2.29 bits per heavy atom. The fourth-order valence-electron chi connectivity index (χ4n) is 2.58. The molecule has 0 aliphatic carbocycles.